The lowest BCUT2D eigenvalue weighted by Gasteiger charge is -2.07. The van der Waals surface area contributed by atoms with Gasteiger partial charge in [0, 0.05) is 28.4 Å². The van der Waals surface area contributed by atoms with E-state index in [2.05, 4.69) is 17.6 Å². The van der Waals surface area contributed by atoms with Gasteiger partial charge in [0.05, 0.1) is 0 Å². The summed E-state index contributed by atoms with van der Waals surface area (Å²) in [5, 5.41) is 6.23. The summed E-state index contributed by atoms with van der Waals surface area (Å²) in [7, 11) is 0. The van der Waals surface area contributed by atoms with Gasteiger partial charge in [0.15, 0.2) is 0 Å². The minimum absolute atomic E-state index is 0.122. The van der Waals surface area contributed by atoms with E-state index in [0.29, 0.717) is 28.4 Å². The van der Waals surface area contributed by atoms with E-state index in [1.807, 2.05) is 0 Å². The monoisotopic (exact) mass is 330 g/mol. The molecule has 0 radical (unpaired) electrons. The molecule has 0 aliphatic rings. The van der Waals surface area contributed by atoms with Crippen LogP contribution in [0.2, 0.25) is 5.02 Å². The van der Waals surface area contributed by atoms with Crippen LogP contribution >= 0.6 is 11.6 Å². The van der Waals surface area contributed by atoms with E-state index in [4.69, 9.17) is 11.6 Å². The van der Waals surface area contributed by atoms with E-state index in [-0.39, 0.29) is 11.8 Å². The quantitative estimate of drug-likeness (QED) is 0.783. The SMILES string of the molecule is CCCCNC(=O)c1ccc(C(=O)Nc2ccc(Cl)cc2)cc1. The van der Waals surface area contributed by atoms with Crippen LogP contribution in [0.4, 0.5) is 5.69 Å². The first-order chi connectivity index (χ1) is 11.1. The number of benzene rings is 2. The van der Waals surface area contributed by atoms with Crippen molar-refractivity contribution in [3.63, 3.8) is 0 Å². The zero-order valence-electron chi connectivity index (χ0n) is 12.9. The van der Waals surface area contributed by atoms with Crippen LogP contribution in [0, 0.1) is 0 Å². The van der Waals surface area contributed by atoms with Crippen LogP contribution in [0.3, 0.4) is 0 Å². The summed E-state index contributed by atoms with van der Waals surface area (Å²) >= 11 is 5.81. The molecule has 0 aliphatic carbocycles. The largest absolute Gasteiger partial charge is 0.352 e. The van der Waals surface area contributed by atoms with E-state index < -0.39 is 0 Å². The van der Waals surface area contributed by atoms with Crippen LogP contribution in [-0.4, -0.2) is 18.4 Å². The summed E-state index contributed by atoms with van der Waals surface area (Å²) in [5.74, 6) is -0.353. The van der Waals surface area contributed by atoms with Crippen molar-refractivity contribution in [1.82, 2.24) is 5.32 Å². The molecule has 2 rings (SSSR count). The highest BCUT2D eigenvalue weighted by atomic mass is 35.5. The molecule has 0 saturated carbocycles. The lowest BCUT2D eigenvalue weighted by Crippen LogP contribution is -2.24. The van der Waals surface area contributed by atoms with E-state index >= 15 is 0 Å². The number of rotatable bonds is 6. The van der Waals surface area contributed by atoms with E-state index in [1.165, 1.54) is 0 Å². The average molecular weight is 331 g/mol. The molecule has 0 heterocycles. The summed E-state index contributed by atoms with van der Waals surface area (Å²) in [5.41, 5.74) is 1.70. The average Bonchev–Trinajstić information content (AvgIpc) is 2.57. The number of halogens is 1. The van der Waals surface area contributed by atoms with Gasteiger partial charge in [0.2, 0.25) is 0 Å². The van der Waals surface area contributed by atoms with E-state index in [0.717, 1.165) is 12.8 Å². The second-order valence-electron chi connectivity index (χ2n) is 5.15. The lowest BCUT2D eigenvalue weighted by molar-refractivity contribution is 0.0951. The lowest BCUT2D eigenvalue weighted by atomic mass is 10.1. The van der Waals surface area contributed by atoms with Crippen LogP contribution in [0.1, 0.15) is 40.5 Å². The van der Waals surface area contributed by atoms with E-state index in [1.54, 1.807) is 48.5 Å². The summed E-state index contributed by atoms with van der Waals surface area (Å²) in [6, 6.07) is 13.5. The molecule has 2 aromatic carbocycles. The molecule has 2 amide bonds. The van der Waals surface area contributed by atoms with Crippen LogP contribution in [0.25, 0.3) is 0 Å². The minimum Gasteiger partial charge on any atom is -0.352 e. The van der Waals surface area contributed by atoms with Gasteiger partial charge < -0.3 is 10.6 Å². The molecule has 0 bridgehead atoms. The Kier molecular flexibility index (Phi) is 6.18. The third-order valence-electron chi connectivity index (χ3n) is 3.33. The number of carbonyl (C=O) groups excluding carboxylic acids is 2. The minimum atomic E-state index is -0.231. The number of unbranched alkanes of at least 4 members (excludes halogenated alkanes) is 1. The predicted molar refractivity (Wildman–Crippen MR) is 93.1 cm³/mol. The predicted octanol–water partition coefficient (Wildman–Crippen LogP) is 4.12. The number of hydrogen-bond acceptors (Lipinski definition) is 2. The number of hydrogen-bond donors (Lipinski definition) is 2. The molecule has 0 atom stereocenters. The standard InChI is InChI=1S/C18H19ClN2O2/c1-2-3-12-20-17(22)13-4-6-14(7-5-13)18(23)21-16-10-8-15(19)9-11-16/h4-11H,2-3,12H2,1H3,(H,20,22)(H,21,23). The first kappa shape index (κ1) is 17.0. The van der Waals surface area contributed by atoms with Gasteiger partial charge in [0.1, 0.15) is 0 Å². The summed E-state index contributed by atoms with van der Waals surface area (Å²) in [4.78, 5) is 24.0. The number of nitrogens with one attached hydrogen (secondary N) is 2. The van der Waals surface area contributed by atoms with Crippen molar-refractivity contribution in [2.24, 2.45) is 0 Å². The molecule has 2 N–H and O–H groups in total. The topological polar surface area (TPSA) is 58.2 Å². The van der Waals surface area contributed by atoms with Crippen molar-refractivity contribution < 1.29 is 9.59 Å². The maximum absolute atomic E-state index is 12.1. The van der Waals surface area contributed by atoms with Gasteiger partial charge in [-0.25, -0.2) is 0 Å². The Morgan fingerprint density at radius 3 is 2.04 bits per heavy atom. The van der Waals surface area contributed by atoms with Crippen molar-refractivity contribution in [2.75, 3.05) is 11.9 Å². The maximum atomic E-state index is 12.1. The van der Waals surface area contributed by atoms with Gasteiger partial charge in [-0.1, -0.05) is 24.9 Å². The van der Waals surface area contributed by atoms with Crippen molar-refractivity contribution >= 4 is 29.1 Å². The molecule has 120 valence electrons. The van der Waals surface area contributed by atoms with E-state index in [9.17, 15) is 9.59 Å². The molecule has 0 unspecified atom stereocenters. The van der Waals surface area contributed by atoms with Gasteiger partial charge in [-0.3, -0.25) is 9.59 Å². The van der Waals surface area contributed by atoms with Crippen LogP contribution < -0.4 is 10.6 Å². The summed E-state index contributed by atoms with van der Waals surface area (Å²) < 4.78 is 0. The summed E-state index contributed by atoms with van der Waals surface area (Å²) in [6.45, 7) is 2.73. The number of anilines is 1. The Morgan fingerprint density at radius 1 is 0.913 bits per heavy atom. The second kappa shape index (κ2) is 8.34. The Bertz CT molecular complexity index is 666. The molecule has 2 aromatic rings. The molecule has 23 heavy (non-hydrogen) atoms. The Hall–Kier alpha value is -2.33. The number of carbonyl (C=O) groups is 2. The van der Waals surface area contributed by atoms with Crippen LogP contribution in [0.5, 0.6) is 0 Å². The first-order valence-electron chi connectivity index (χ1n) is 7.55. The maximum Gasteiger partial charge on any atom is 0.255 e. The number of amides is 2. The Labute approximate surface area is 140 Å². The third kappa shape index (κ3) is 5.11. The molecule has 0 aliphatic heterocycles. The molecule has 0 spiro atoms. The van der Waals surface area contributed by atoms with Crippen molar-refractivity contribution in [2.45, 2.75) is 19.8 Å². The van der Waals surface area contributed by atoms with Crippen molar-refractivity contribution in [1.29, 1.82) is 0 Å². The van der Waals surface area contributed by atoms with Crippen LogP contribution in [-0.2, 0) is 0 Å². The third-order valence-corrected chi connectivity index (χ3v) is 3.58. The van der Waals surface area contributed by atoms with Crippen molar-refractivity contribution in [3.8, 4) is 0 Å². The molecule has 5 heteroatoms. The van der Waals surface area contributed by atoms with Gasteiger partial charge in [-0.05, 0) is 55.0 Å². The molecular weight excluding hydrogens is 312 g/mol. The zero-order chi connectivity index (χ0) is 16.7. The Morgan fingerprint density at radius 2 is 1.48 bits per heavy atom. The highest BCUT2D eigenvalue weighted by Crippen LogP contribution is 2.14. The fraction of sp³-hybridized carbons (Fsp3) is 0.222. The summed E-state index contributed by atoms with van der Waals surface area (Å²) in [6.07, 6.45) is 1.98. The molecule has 0 aromatic heterocycles. The molecule has 0 saturated heterocycles. The highest BCUT2D eigenvalue weighted by molar-refractivity contribution is 6.30. The molecular formula is C18H19ClN2O2. The van der Waals surface area contributed by atoms with Crippen LogP contribution in [0.15, 0.2) is 48.5 Å². The fourth-order valence-electron chi connectivity index (χ4n) is 1.99. The Balaban J connectivity index is 1.97. The zero-order valence-corrected chi connectivity index (χ0v) is 13.7. The second-order valence-corrected chi connectivity index (χ2v) is 5.58. The van der Waals surface area contributed by atoms with Crippen molar-refractivity contribution in [3.05, 3.63) is 64.7 Å². The molecule has 4 nitrogen and oxygen atoms in total. The first-order valence-corrected chi connectivity index (χ1v) is 7.93. The molecule has 0 fully saturated rings. The fourth-order valence-corrected chi connectivity index (χ4v) is 2.12. The van der Waals surface area contributed by atoms with Gasteiger partial charge in [0.25, 0.3) is 11.8 Å². The van der Waals surface area contributed by atoms with Gasteiger partial charge >= 0.3 is 0 Å². The van der Waals surface area contributed by atoms with Gasteiger partial charge in [-0.2, -0.15) is 0 Å². The normalized spacial score (nSPS) is 10.2. The van der Waals surface area contributed by atoms with Gasteiger partial charge in [-0.15, -0.1) is 0 Å². The smallest absolute Gasteiger partial charge is 0.255 e. The highest BCUT2D eigenvalue weighted by Gasteiger charge is 2.09.